The summed E-state index contributed by atoms with van der Waals surface area (Å²) in [5, 5.41) is 12.3. The minimum absolute atomic E-state index is 0.0205. The van der Waals surface area contributed by atoms with Gasteiger partial charge in [0.05, 0.1) is 11.4 Å². The number of aromatic nitrogens is 3. The molecule has 1 N–H and O–H groups in total. The minimum atomic E-state index is -0.0205. The lowest BCUT2D eigenvalue weighted by Crippen LogP contribution is -2.25. The van der Waals surface area contributed by atoms with E-state index in [9.17, 15) is 4.79 Å². The van der Waals surface area contributed by atoms with E-state index in [2.05, 4.69) is 64.6 Å². The highest BCUT2D eigenvalue weighted by Gasteiger charge is 2.15. The highest BCUT2D eigenvalue weighted by molar-refractivity contribution is 7.99. The number of hydrogen-bond acceptors (Lipinski definition) is 5. The Labute approximate surface area is 182 Å². The molecule has 1 aromatic heterocycles. The van der Waals surface area contributed by atoms with E-state index >= 15 is 0 Å². The normalized spacial score (nSPS) is 11.1. The molecule has 0 spiro atoms. The average Bonchev–Trinajstić information content (AvgIpc) is 3.07. The van der Waals surface area contributed by atoms with E-state index in [1.165, 1.54) is 22.9 Å². The Hall–Kier alpha value is -2.64. The first-order chi connectivity index (χ1) is 14.3. The molecule has 1 amide bonds. The van der Waals surface area contributed by atoms with E-state index in [-0.39, 0.29) is 5.91 Å². The molecule has 2 aromatic carbocycles. The Kier molecular flexibility index (Phi) is 7.29. The van der Waals surface area contributed by atoms with Crippen LogP contribution in [-0.4, -0.2) is 45.4 Å². The summed E-state index contributed by atoms with van der Waals surface area (Å²) in [6.07, 6.45) is 0. The van der Waals surface area contributed by atoms with Crippen LogP contribution in [0.4, 0.5) is 0 Å². The zero-order chi connectivity index (χ0) is 21.7. The van der Waals surface area contributed by atoms with E-state index < -0.39 is 0 Å². The lowest BCUT2D eigenvalue weighted by Gasteiger charge is -2.15. The van der Waals surface area contributed by atoms with Gasteiger partial charge in [0.15, 0.2) is 5.16 Å². The fourth-order valence-corrected chi connectivity index (χ4v) is 4.09. The Bertz CT molecular complexity index is 1030. The third kappa shape index (κ3) is 5.49. The second-order valence-electron chi connectivity index (χ2n) is 7.73. The summed E-state index contributed by atoms with van der Waals surface area (Å²) in [6.45, 7) is 7.43. The van der Waals surface area contributed by atoms with Crippen molar-refractivity contribution in [2.24, 2.45) is 0 Å². The monoisotopic (exact) mass is 423 g/mol. The molecule has 0 saturated carbocycles. The highest BCUT2D eigenvalue weighted by Crippen LogP contribution is 2.24. The summed E-state index contributed by atoms with van der Waals surface area (Å²) in [4.78, 5) is 14.6. The molecule has 0 atom stereocenters. The van der Waals surface area contributed by atoms with Gasteiger partial charge in [-0.1, -0.05) is 48.2 Å². The Balaban J connectivity index is 1.65. The number of rotatable bonds is 8. The van der Waals surface area contributed by atoms with Crippen molar-refractivity contribution in [3.8, 4) is 5.69 Å². The number of thioether (sulfide) groups is 1. The summed E-state index contributed by atoms with van der Waals surface area (Å²) in [5.74, 6) is 1.08. The zero-order valence-electron chi connectivity index (χ0n) is 18.3. The molecule has 0 aliphatic heterocycles. The quantitative estimate of drug-likeness (QED) is 0.560. The fraction of sp³-hybridized carbons (Fsp3) is 0.348. The van der Waals surface area contributed by atoms with Crippen molar-refractivity contribution >= 4 is 17.7 Å². The van der Waals surface area contributed by atoms with Crippen molar-refractivity contribution in [2.45, 2.75) is 39.0 Å². The van der Waals surface area contributed by atoms with Crippen LogP contribution >= 0.6 is 11.8 Å². The van der Waals surface area contributed by atoms with Gasteiger partial charge in [-0.2, -0.15) is 0 Å². The molecule has 0 aliphatic carbocycles. The molecule has 3 aromatic rings. The third-order valence-electron chi connectivity index (χ3n) is 4.81. The van der Waals surface area contributed by atoms with Crippen molar-refractivity contribution < 1.29 is 4.79 Å². The number of nitrogens with zero attached hydrogens (tertiary/aromatic N) is 4. The van der Waals surface area contributed by atoms with Gasteiger partial charge in [-0.15, -0.1) is 10.2 Å². The van der Waals surface area contributed by atoms with Crippen molar-refractivity contribution in [1.82, 2.24) is 25.0 Å². The van der Waals surface area contributed by atoms with Crippen LogP contribution in [0.3, 0.4) is 0 Å². The van der Waals surface area contributed by atoms with E-state index in [0.717, 1.165) is 34.3 Å². The van der Waals surface area contributed by atoms with E-state index in [1.807, 2.05) is 37.7 Å². The number of carbonyl (C=O) groups is 1. The van der Waals surface area contributed by atoms with Gasteiger partial charge >= 0.3 is 0 Å². The van der Waals surface area contributed by atoms with E-state index in [4.69, 9.17) is 0 Å². The first kappa shape index (κ1) is 22.1. The summed E-state index contributed by atoms with van der Waals surface area (Å²) < 4.78 is 2.02. The van der Waals surface area contributed by atoms with Gasteiger partial charge < -0.3 is 10.2 Å². The van der Waals surface area contributed by atoms with E-state index in [1.54, 1.807) is 0 Å². The zero-order valence-corrected chi connectivity index (χ0v) is 19.1. The molecular weight excluding hydrogens is 394 g/mol. The highest BCUT2D eigenvalue weighted by atomic mass is 32.2. The van der Waals surface area contributed by atoms with Gasteiger partial charge in [0.25, 0.3) is 0 Å². The van der Waals surface area contributed by atoms with Crippen LogP contribution in [0.25, 0.3) is 5.69 Å². The number of benzene rings is 2. The summed E-state index contributed by atoms with van der Waals surface area (Å²) >= 11 is 1.40. The molecule has 0 aliphatic rings. The van der Waals surface area contributed by atoms with Crippen LogP contribution in [0.5, 0.6) is 0 Å². The minimum Gasteiger partial charge on any atom is -0.351 e. The maximum Gasteiger partial charge on any atom is 0.230 e. The topological polar surface area (TPSA) is 63.1 Å². The van der Waals surface area contributed by atoms with Crippen LogP contribution in [0.1, 0.15) is 28.1 Å². The number of hydrogen-bond donors (Lipinski definition) is 1. The average molecular weight is 424 g/mol. The molecule has 1 heterocycles. The van der Waals surface area contributed by atoms with Crippen LogP contribution < -0.4 is 5.32 Å². The van der Waals surface area contributed by atoms with Crippen LogP contribution in [-0.2, 0) is 17.9 Å². The molecule has 0 bridgehead atoms. The first-order valence-electron chi connectivity index (χ1n) is 9.96. The Morgan fingerprint density at radius 2 is 1.80 bits per heavy atom. The lowest BCUT2D eigenvalue weighted by molar-refractivity contribution is -0.118. The maximum absolute atomic E-state index is 12.5. The fourth-order valence-electron chi connectivity index (χ4n) is 3.27. The molecule has 3 rings (SSSR count). The third-order valence-corrected chi connectivity index (χ3v) is 5.74. The van der Waals surface area contributed by atoms with Crippen molar-refractivity contribution in [3.05, 3.63) is 70.5 Å². The molecule has 158 valence electrons. The van der Waals surface area contributed by atoms with Crippen LogP contribution in [0.15, 0.2) is 47.6 Å². The van der Waals surface area contributed by atoms with Gasteiger partial charge in [-0.25, -0.2) is 0 Å². The van der Waals surface area contributed by atoms with Crippen LogP contribution in [0.2, 0.25) is 0 Å². The maximum atomic E-state index is 12.5. The van der Waals surface area contributed by atoms with Gasteiger partial charge in [0, 0.05) is 13.1 Å². The van der Waals surface area contributed by atoms with Gasteiger partial charge in [-0.05, 0) is 63.2 Å². The molecule has 6 nitrogen and oxygen atoms in total. The summed E-state index contributed by atoms with van der Waals surface area (Å²) in [5.41, 5.74) is 5.73. The smallest absolute Gasteiger partial charge is 0.230 e. The standard InChI is InChI=1S/C23H29N5OS/c1-16-10-11-17(2)21(12-16)28-18(3)25-26-23(28)30-15-22(29)24-13-19-8-6-7-9-20(19)14-27(4)5/h6-12H,13-15H2,1-5H3,(H,24,29). The number of aryl methyl sites for hydroxylation is 3. The predicted octanol–water partition coefficient (Wildman–Crippen LogP) is 3.66. The molecule has 0 saturated heterocycles. The van der Waals surface area contributed by atoms with Crippen molar-refractivity contribution in [1.29, 1.82) is 0 Å². The Morgan fingerprint density at radius 3 is 2.53 bits per heavy atom. The van der Waals surface area contributed by atoms with Crippen molar-refractivity contribution in [3.63, 3.8) is 0 Å². The van der Waals surface area contributed by atoms with E-state index in [0.29, 0.717) is 12.3 Å². The van der Waals surface area contributed by atoms with Crippen molar-refractivity contribution in [2.75, 3.05) is 19.8 Å². The SMILES string of the molecule is Cc1ccc(C)c(-n2c(C)nnc2SCC(=O)NCc2ccccc2CN(C)C)c1. The lowest BCUT2D eigenvalue weighted by atomic mass is 10.1. The second kappa shape index (κ2) is 9.91. The summed E-state index contributed by atoms with van der Waals surface area (Å²) in [7, 11) is 4.08. The number of carbonyl (C=O) groups excluding carboxylic acids is 1. The second-order valence-corrected chi connectivity index (χ2v) is 8.67. The largest absolute Gasteiger partial charge is 0.351 e. The van der Waals surface area contributed by atoms with Gasteiger partial charge in [0.1, 0.15) is 5.82 Å². The molecule has 0 unspecified atom stereocenters. The molecule has 7 heteroatoms. The molecule has 0 fully saturated rings. The molecule has 30 heavy (non-hydrogen) atoms. The summed E-state index contributed by atoms with van der Waals surface area (Å²) in [6, 6.07) is 14.5. The number of nitrogens with one attached hydrogen (secondary N) is 1. The number of amides is 1. The predicted molar refractivity (Wildman–Crippen MR) is 122 cm³/mol. The molecular formula is C23H29N5OS. The Morgan fingerprint density at radius 1 is 1.07 bits per heavy atom. The van der Waals surface area contributed by atoms with Gasteiger partial charge in [-0.3, -0.25) is 9.36 Å². The van der Waals surface area contributed by atoms with Gasteiger partial charge in [0.2, 0.25) is 5.91 Å². The molecule has 0 radical (unpaired) electrons. The first-order valence-corrected chi connectivity index (χ1v) is 10.9. The van der Waals surface area contributed by atoms with Crippen LogP contribution in [0, 0.1) is 20.8 Å².